The molecule has 0 radical (unpaired) electrons. The second kappa shape index (κ2) is 6.31. The molecule has 15 heavy (non-hydrogen) atoms. The Bertz CT molecular complexity index is 194. The summed E-state index contributed by atoms with van der Waals surface area (Å²) in [4.78, 5) is 0. The van der Waals surface area contributed by atoms with E-state index in [2.05, 4.69) is 12.2 Å². The lowest BCUT2D eigenvalue weighted by atomic mass is 9.87. The van der Waals surface area contributed by atoms with Gasteiger partial charge in [0, 0.05) is 5.54 Å². The average Bonchev–Trinajstić information content (AvgIpc) is 2.14. The lowest BCUT2D eigenvalue weighted by Gasteiger charge is -2.32. The summed E-state index contributed by atoms with van der Waals surface area (Å²) in [7, 11) is 0. The van der Waals surface area contributed by atoms with Gasteiger partial charge in [0.15, 0.2) is 5.11 Å². The maximum atomic E-state index is 5.59. The highest BCUT2D eigenvalue weighted by Gasteiger charge is 2.23. The van der Waals surface area contributed by atoms with Gasteiger partial charge in [-0.05, 0) is 32.0 Å². The molecular weight excluding hydrogens is 204 g/mol. The van der Waals surface area contributed by atoms with E-state index in [1.807, 2.05) is 0 Å². The lowest BCUT2D eigenvalue weighted by molar-refractivity contribution is 0.321. The van der Waals surface area contributed by atoms with Crippen molar-refractivity contribution >= 4 is 17.3 Å². The second-order valence-corrected chi connectivity index (χ2v) is 5.46. The number of hydrogen-bond donors (Lipinski definition) is 2. The van der Waals surface area contributed by atoms with E-state index < -0.39 is 0 Å². The third kappa shape index (κ3) is 5.36. The lowest BCUT2D eigenvalue weighted by Crippen LogP contribution is -2.48. The molecule has 0 saturated heterocycles. The first-order chi connectivity index (χ1) is 7.12. The predicted molar refractivity (Wildman–Crippen MR) is 69.9 cm³/mol. The monoisotopic (exact) mass is 228 g/mol. The van der Waals surface area contributed by atoms with Crippen molar-refractivity contribution in [2.24, 2.45) is 5.73 Å². The van der Waals surface area contributed by atoms with Crippen molar-refractivity contribution in [1.82, 2.24) is 5.32 Å². The molecule has 1 saturated carbocycles. The molecule has 0 aromatic rings. The van der Waals surface area contributed by atoms with Gasteiger partial charge in [-0.15, -0.1) is 0 Å². The van der Waals surface area contributed by atoms with E-state index in [9.17, 15) is 0 Å². The van der Waals surface area contributed by atoms with Gasteiger partial charge < -0.3 is 11.1 Å². The molecule has 0 amide bonds. The standard InChI is InChI=1S/C12H24N2S/c1-12(14-11(13)15)9-7-5-3-2-4-6-8-10-12/h2-10H2,1H3,(H3,13,14,15). The summed E-state index contributed by atoms with van der Waals surface area (Å²) in [6.45, 7) is 2.26. The third-order valence-corrected chi connectivity index (χ3v) is 3.48. The van der Waals surface area contributed by atoms with E-state index in [4.69, 9.17) is 18.0 Å². The number of nitrogens with one attached hydrogen (secondary N) is 1. The first-order valence-electron chi connectivity index (χ1n) is 6.20. The van der Waals surface area contributed by atoms with E-state index >= 15 is 0 Å². The number of rotatable bonds is 1. The molecule has 0 bridgehead atoms. The zero-order valence-electron chi connectivity index (χ0n) is 9.85. The van der Waals surface area contributed by atoms with Crippen LogP contribution < -0.4 is 11.1 Å². The van der Waals surface area contributed by atoms with E-state index in [1.54, 1.807) is 0 Å². The van der Waals surface area contributed by atoms with Crippen molar-refractivity contribution in [3.63, 3.8) is 0 Å². The van der Waals surface area contributed by atoms with Crippen LogP contribution in [-0.2, 0) is 0 Å². The fourth-order valence-electron chi connectivity index (χ4n) is 2.46. The minimum Gasteiger partial charge on any atom is -0.376 e. The van der Waals surface area contributed by atoms with E-state index in [0.29, 0.717) is 5.11 Å². The van der Waals surface area contributed by atoms with Gasteiger partial charge in [-0.25, -0.2) is 0 Å². The Morgan fingerprint density at radius 3 is 1.80 bits per heavy atom. The SMILES string of the molecule is CC1(NC(N)=S)CCCCCCCCC1. The summed E-state index contributed by atoms with van der Waals surface area (Å²) < 4.78 is 0. The van der Waals surface area contributed by atoms with Crippen LogP contribution in [0.2, 0.25) is 0 Å². The van der Waals surface area contributed by atoms with Crippen molar-refractivity contribution < 1.29 is 0 Å². The highest BCUT2D eigenvalue weighted by Crippen LogP contribution is 2.24. The molecule has 0 aliphatic heterocycles. The summed E-state index contributed by atoms with van der Waals surface area (Å²) in [5.41, 5.74) is 5.73. The zero-order valence-corrected chi connectivity index (χ0v) is 10.7. The van der Waals surface area contributed by atoms with Crippen LogP contribution in [0, 0.1) is 0 Å². The van der Waals surface area contributed by atoms with Crippen LogP contribution >= 0.6 is 12.2 Å². The predicted octanol–water partition coefficient (Wildman–Crippen LogP) is 3.10. The summed E-state index contributed by atoms with van der Waals surface area (Å²) in [5, 5.41) is 3.74. The normalized spacial score (nSPS) is 23.0. The van der Waals surface area contributed by atoms with Gasteiger partial charge in [0.1, 0.15) is 0 Å². The summed E-state index contributed by atoms with van der Waals surface area (Å²) in [5.74, 6) is 0. The first-order valence-corrected chi connectivity index (χ1v) is 6.61. The topological polar surface area (TPSA) is 38.0 Å². The maximum Gasteiger partial charge on any atom is 0.164 e. The van der Waals surface area contributed by atoms with Crippen molar-refractivity contribution in [3.8, 4) is 0 Å². The largest absolute Gasteiger partial charge is 0.376 e. The molecule has 0 aromatic carbocycles. The summed E-state index contributed by atoms with van der Waals surface area (Å²) in [6, 6.07) is 0. The van der Waals surface area contributed by atoms with Gasteiger partial charge in [-0.3, -0.25) is 0 Å². The molecule has 0 heterocycles. The molecular formula is C12H24N2S. The van der Waals surface area contributed by atoms with Crippen LogP contribution in [0.25, 0.3) is 0 Å². The Kier molecular flexibility index (Phi) is 5.37. The minimum absolute atomic E-state index is 0.142. The Labute approximate surface area is 99.0 Å². The minimum atomic E-state index is 0.142. The zero-order chi connectivity index (χ0) is 11.1. The molecule has 0 unspecified atom stereocenters. The van der Waals surface area contributed by atoms with Crippen molar-refractivity contribution in [1.29, 1.82) is 0 Å². The fourth-order valence-corrected chi connectivity index (χ4v) is 2.71. The van der Waals surface area contributed by atoms with Gasteiger partial charge in [-0.1, -0.05) is 44.9 Å². The number of nitrogens with two attached hydrogens (primary N) is 1. The van der Waals surface area contributed by atoms with Gasteiger partial charge in [-0.2, -0.15) is 0 Å². The Balaban J connectivity index is 2.46. The van der Waals surface area contributed by atoms with Crippen molar-refractivity contribution in [2.75, 3.05) is 0 Å². The Morgan fingerprint density at radius 2 is 1.40 bits per heavy atom. The summed E-state index contributed by atoms with van der Waals surface area (Å²) >= 11 is 4.95. The Morgan fingerprint density at radius 1 is 1.00 bits per heavy atom. The molecule has 3 heteroatoms. The molecule has 2 nitrogen and oxygen atoms in total. The Hall–Kier alpha value is -0.310. The van der Waals surface area contributed by atoms with Crippen LogP contribution in [0.4, 0.5) is 0 Å². The number of thiocarbonyl (C=S) groups is 1. The van der Waals surface area contributed by atoms with E-state index in [0.717, 1.165) is 0 Å². The first kappa shape index (κ1) is 12.8. The van der Waals surface area contributed by atoms with Gasteiger partial charge in [0.05, 0.1) is 0 Å². The molecule has 1 rings (SSSR count). The molecule has 1 aliphatic rings. The molecule has 1 aliphatic carbocycles. The average molecular weight is 228 g/mol. The highest BCUT2D eigenvalue weighted by atomic mass is 32.1. The van der Waals surface area contributed by atoms with Crippen LogP contribution in [0.5, 0.6) is 0 Å². The molecule has 0 atom stereocenters. The van der Waals surface area contributed by atoms with Crippen molar-refractivity contribution in [2.45, 2.75) is 70.3 Å². The smallest absolute Gasteiger partial charge is 0.164 e. The molecule has 1 fully saturated rings. The number of hydrogen-bond acceptors (Lipinski definition) is 1. The molecule has 0 spiro atoms. The van der Waals surface area contributed by atoms with Crippen LogP contribution in [0.1, 0.15) is 64.7 Å². The molecule has 0 aromatic heterocycles. The van der Waals surface area contributed by atoms with Gasteiger partial charge in [0.2, 0.25) is 0 Å². The fraction of sp³-hybridized carbons (Fsp3) is 0.917. The third-order valence-electron chi connectivity index (χ3n) is 3.38. The maximum absolute atomic E-state index is 5.59. The van der Waals surface area contributed by atoms with Crippen LogP contribution in [0.3, 0.4) is 0 Å². The summed E-state index contributed by atoms with van der Waals surface area (Å²) in [6.07, 6.45) is 11.9. The van der Waals surface area contributed by atoms with Gasteiger partial charge in [0.25, 0.3) is 0 Å². The second-order valence-electron chi connectivity index (χ2n) is 5.02. The van der Waals surface area contributed by atoms with Gasteiger partial charge >= 0.3 is 0 Å². The van der Waals surface area contributed by atoms with Crippen LogP contribution in [-0.4, -0.2) is 10.7 Å². The molecule has 88 valence electrons. The van der Waals surface area contributed by atoms with Crippen LogP contribution in [0.15, 0.2) is 0 Å². The quantitative estimate of drug-likeness (QED) is 0.677. The highest BCUT2D eigenvalue weighted by molar-refractivity contribution is 7.80. The van der Waals surface area contributed by atoms with E-state index in [1.165, 1.54) is 57.8 Å². The van der Waals surface area contributed by atoms with E-state index in [-0.39, 0.29) is 5.54 Å². The molecule has 3 N–H and O–H groups in total. The van der Waals surface area contributed by atoms with Crippen molar-refractivity contribution in [3.05, 3.63) is 0 Å².